The van der Waals surface area contributed by atoms with Gasteiger partial charge in [0.1, 0.15) is 5.75 Å². The highest BCUT2D eigenvalue weighted by Gasteiger charge is 2.31. The normalized spacial score (nSPS) is 16.5. The van der Waals surface area contributed by atoms with Crippen LogP contribution in [0.25, 0.3) is 6.08 Å². The minimum Gasteiger partial charge on any atom is -0.405 e. The minimum absolute atomic E-state index is 0.166. The number of benzene rings is 1. The Morgan fingerprint density at radius 3 is 2.68 bits per heavy atom. The highest BCUT2D eigenvalue weighted by atomic mass is 19.4. The van der Waals surface area contributed by atoms with Crippen LogP contribution in [0.15, 0.2) is 29.8 Å². The van der Waals surface area contributed by atoms with Crippen molar-refractivity contribution in [2.75, 3.05) is 6.54 Å². The fourth-order valence-electron chi connectivity index (χ4n) is 1.73. The monoisotopic (exact) mass is 271 g/mol. The van der Waals surface area contributed by atoms with Gasteiger partial charge in [0.25, 0.3) is 0 Å². The molecule has 0 aromatic heterocycles. The number of halogens is 3. The van der Waals surface area contributed by atoms with E-state index in [9.17, 15) is 13.2 Å². The van der Waals surface area contributed by atoms with Gasteiger partial charge in [-0.1, -0.05) is 29.8 Å². The second-order valence-corrected chi connectivity index (χ2v) is 4.73. The largest absolute Gasteiger partial charge is 0.573 e. The molecule has 0 aliphatic heterocycles. The maximum absolute atomic E-state index is 12.3. The van der Waals surface area contributed by atoms with E-state index in [-0.39, 0.29) is 5.75 Å². The number of alkyl halides is 3. The number of para-hydroxylation sites is 1. The molecule has 2 rings (SSSR count). The van der Waals surface area contributed by atoms with Crippen molar-refractivity contribution in [3.63, 3.8) is 0 Å². The van der Waals surface area contributed by atoms with E-state index in [1.165, 1.54) is 25.0 Å². The molecular formula is C14H16F3NO. The average Bonchev–Trinajstić information content (AvgIpc) is 3.11. The zero-order chi connectivity index (χ0) is 13.9. The van der Waals surface area contributed by atoms with Crippen LogP contribution in [0.1, 0.15) is 25.3 Å². The Morgan fingerprint density at radius 2 is 2.05 bits per heavy atom. The lowest BCUT2D eigenvalue weighted by atomic mass is 10.1. The van der Waals surface area contributed by atoms with E-state index in [1.807, 2.05) is 6.92 Å². The molecule has 104 valence electrons. The van der Waals surface area contributed by atoms with Crippen molar-refractivity contribution in [1.29, 1.82) is 0 Å². The van der Waals surface area contributed by atoms with Crippen molar-refractivity contribution in [3.8, 4) is 5.75 Å². The summed E-state index contributed by atoms with van der Waals surface area (Å²) in [4.78, 5) is 0. The first-order valence-corrected chi connectivity index (χ1v) is 6.19. The summed E-state index contributed by atoms with van der Waals surface area (Å²) in [5, 5.41) is 3.31. The summed E-state index contributed by atoms with van der Waals surface area (Å²) in [6.07, 6.45) is -0.581. The standard InChI is InChI=1S/C14H16F3NO/c1-10(9-18-12-6-7-12)8-11-4-2-3-5-13(11)19-14(15,16)17/h2-5,8,12,18H,6-7,9H2,1H3. The molecule has 0 atom stereocenters. The Hall–Kier alpha value is -1.49. The summed E-state index contributed by atoms with van der Waals surface area (Å²) in [5.74, 6) is -0.166. The summed E-state index contributed by atoms with van der Waals surface area (Å²) >= 11 is 0. The molecule has 0 bridgehead atoms. The highest BCUT2D eigenvalue weighted by molar-refractivity contribution is 5.59. The van der Waals surface area contributed by atoms with Crippen LogP contribution in [0, 0.1) is 0 Å². The van der Waals surface area contributed by atoms with Gasteiger partial charge in [0.2, 0.25) is 0 Å². The topological polar surface area (TPSA) is 21.3 Å². The molecule has 0 unspecified atom stereocenters. The molecule has 0 amide bonds. The smallest absolute Gasteiger partial charge is 0.405 e. The molecule has 0 radical (unpaired) electrons. The quantitative estimate of drug-likeness (QED) is 0.880. The van der Waals surface area contributed by atoms with E-state index < -0.39 is 6.36 Å². The lowest BCUT2D eigenvalue weighted by Gasteiger charge is -2.12. The van der Waals surface area contributed by atoms with Crippen molar-refractivity contribution in [2.24, 2.45) is 0 Å². The van der Waals surface area contributed by atoms with E-state index >= 15 is 0 Å². The molecule has 19 heavy (non-hydrogen) atoms. The molecule has 1 aromatic carbocycles. The van der Waals surface area contributed by atoms with Gasteiger partial charge < -0.3 is 10.1 Å². The van der Waals surface area contributed by atoms with Gasteiger partial charge in [0, 0.05) is 18.2 Å². The predicted molar refractivity (Wildman–Crippen MR) is 67.8 cm³/mol. The van der Waals surface area contributed by atoms with E-state index in [0.29, 0.717) is 18.2 Å². The van der Waals surface area contributed by atoms with E-state index in [2.05, 4.69) is 10.1 Å². The molecule has 1 fully saturated rings. The Labute approximate surface area is 110 Å². The van der Waals surface area contributed by atoms with Crippen LogP contribution in [0.3, 0.4) is 0 Å². The fourth-order valence-corrected chi connectivity index (χ4v) is 1.73. The number of hydrogen-bond donors (Lipinski definition) is 1. The molecule has 1 aromatic rings. The third-order valence-electron chi connectivity index (χ3n) is 2.79. The van der Waals surface area contributed by atoms with Crippen LogP contribution in [0.5, 0.6) is 5.75 Å². The Bertz CT molecular complexity index is 464. The fraction of sp³-hybridized carbons (Fsp3) is 0.429. The van der Waals surface area contributed by atoms with Crippen molar-refractivity contribution < 1.29 is 17.9 Å². The summed E-state index contributed by atoms with van der Waals surface area (Å²) in [5.41, 5.74) is 1.42. The summed E-state index contributed by atoms with van der Waals surface area (Å²) < 4.78 is 40.8. The molecule has 1 saturated carbocycles. The van der Waals surface area contributed by atoms with Crippen LogP contribution in [-0.2, 0) is 0 Å². The van der Waals surface area contributed by atoms with Gasteiger partial charge in [-0.05, 0) is 25.8 Å². The van der Waals surface area contributed by atoms with Gasteiger partial charge in [-0.15, -0.1) is 13.2 Å². The maximum Gasteiger partial charge on any atom is 0.573 e. The average molecular weight is 271 g/mol. The Balaban J connectivity index is 2.07. The van der Waals surface area contributed by atoms with Crippen molar-refractivity contribution in [2.45, 2.75) is 32.2 Å². The lowest BCUT2D eigenvalue weighted by molar-refractivity contribution is -0.274. The first-order chi connectivity index (χ1) is 8.94. The first kappa shape index (κ1) is 13.9. The molecule has 2 nitrogen and oxygen atoms in total. The lowest BCUT2D eigenvalue weighted by Crippen LogP contribution is -2.19. The molecule has 5 heteroatoms. The van der Waals surface area contributed by atoms with Gasteiger partial charge in [-0.3, -0.25) is 0 Å². The van der Waals surface area contributed by atoms with Gasteiger partial charge in [0.05, 0.1) is 0 Å². The van der Waals surface area contributed by atoms with Gasteiger partial charge >= 0.3 is 6.36 Å². The molecule has 1 N–H and O–H groups in total. The van der Waals surface area contributed by atoms with Crippen LogP contribution >= 0.6 is 0 Å². The third kappa shape index (κ3) is 4.95. The molecule has 1 aliphatic rings. The molecule has 1 aliphatic carbocycles. The van der Waals surface area contributed by atoms with Crippen LogP contribution in [0.2, 0.25) is 0 Å². The van der Waals surface area contributed by atoms with Gasteiger partial charge in [-0.2, -0.15) is 0 Å². The van der Waals surface area contributed by atoms with E-state index in [0.717, 1.165) is 5.57 Å². The van der Waals surface area contributed by atoms with Crippen LogP contribution < -0.4 is 10.1 Å². The zero-order valence-corrected chi connectivity index (χ0v) is 10.6. The number of rotatable bonds is 5. The SMILES string of the molecule is CC(=Cc1ccccc1OC(F)(F)F)CNC1CC1. The first-order valence-electron chi connectivity index (χ1n) is 6.19. The van der Waals surface area contributed by atoms with E-state index in [4.69, 9.17) is 0 Å². The molecule has 0 heterocycles. The van der Waals surface area contributed by atoms with Crippen LogP contribution in [0.4, 0.5) is 13.2 Å². The Morgan fingerprint density at radius 1 is 1.37 bits per heavy atom. The summed E-state index contributed by atoms with van der Waals surface area (Å²) in [6, 6.07) is 6.72. The zero-order valence-electron chi connectivity index (χ0n) is 10.6. The van der Waals surface area contributed by atoms with Crippen molar-refractivity contribution in [3.05, 3.63) is 35.4 Å². The third-order valence-corrected chi connectivity index (χ3v) is 2.79. The molecular weight excluding hydrogens is 255 g/mol. The molecule has 0 saturated heterocycles. The van der Waals surface area contributed by atoms with E-state index in [1.54, 1.807) is 18.2 Å². The number of ether oxygens (including phenoxy) is 1. The predicted octanol–water partition coefficient (Wildman–Crippen LogP) is 3.74. The second-order valence-electron chi connectivity index (χ2n) is 4.73. The number of hydrogen-bond acceptors (Lipinski definition) is 2. The van der Waals surface area contributed by atoms with Gasteiger partial charge in [0.15, 0.2) is 0 Å². The van der Waals surface area contributed by atoms with Gasteiger partial charge in [-0.25, -0.2) is 0 Å². The maximum atomic E-state index is 12.3. The van der Waals surface area contributed by atoms with Crippen molar-refractivity contribution >= 4 is 6.08 Å². The molecule has 0 spiro atoms. The second kappa shape index (κ2) is 5.65. The summed E-state index contributed by atoms with van der Waals surface area (Å²) in [7, 11) is 0. The Kier molecular flexibility index (Phi) is 4.14. The minimum atomic E-state index is -4.66. The van der Waals surface area contributed by atoms with Crippen LogP contribution in [-0.4, -0.2) is 18.9 Å². The summed E-state index contributed by atoms with van der Waals surface area (Å²) in [6.45, 7) is 2.57. The number of nitrogens with one attached hydrogen (secondary N) is 1. The van der Waals surface area contributed by atoms with Crippen molar-refractivity contribution in [1.82, 2.24) is 5.32 Å². The highest BCUT2D eigenvalue weighted by Crippen LogP contribution is 2.27.